The molecule has 0 unspecified atom stereocenters. The molecule has 0 fully saturated rings. The average Bonchev–Trinajstić information content (AvgIpc) is 3.07. The Morgan fingerprint density at radius 3 is 2.41 bits per heavy atom. The van der Waals surface area contributed by atoms with E-state index in [9.17, 15) is 14.7 Å². The standard InChI is InChI=1S/C16H17NO5/c1-16(20,13-4-3-9-22-13)10-17-14(18)11-5-7-12(8-6-11)15(19)21-2/h3-9,20H,10H2,1-2H3,(H,17,18)/t16-/m0/s1. The highest BCUT2D eigenvalue weighted by molar-refractivity contribution is 5.96. The van der Waals surface area contributed by atoms with Crippen molar-refractivity contribution in [3.63, 3.8) is 0 Å². The number of carbonyl (C=O) groups is 2. The minimum atomic E-state index is -1.30. The van der Waals surface area contributed by atoms with Gasteiger partial charge in [-0.25, -0.2) is 4.79 Å². The zero-order valence-corrected chi connectivity index (χ0v) is 12.3. The molecule has 1 aromatic heterocycles. The molecule has 1 atom stereocenters. The van der Waals surface area contributed by atoms with E-state index >= 15 is 0 Å². The number of methoxy groups -OCH3 is 1. The van der Waals surface area contributed by atoms with Crippen LogP contribution in [0.1, 0.15) is 33.4 Å². The number of aliphatic hydroxyl groups is 1. The van der Waals surface area contributed by atoms with Gasteiger partial charge in [-0.15, -0.1) is 0 Å². The van der Waals surface area contributed by atoms with Crippen LogP contribution in [0.25, 0.3) is 0 Å². The van der Waals surface area contributed by atoms with E-state index in [2.05, 4.69) is 10.1 Å². The second-order valence-electron chi connectivity index (χ2n) is 5.00. The number of ether oxygens (including phenoxy) is 1. The minimum Gasteiger partial charge on any atom is -0.466 e. The highest BCUT2D eigenvalue weighted by atomic mass is 16.5. The largest absolute Gasteiger partial charge is 0.466 e. The Morgan fingerprint density at radius 1 is 1.23 bits per heavy atom. The molecule has 6 nitrogen and oxygen atoms in total. The summed E-state index contributed by atoms with van der Waals surface area (Å²) in [4.78, 5) is 23.4. The van der Waals surface area contributed by atoms with Crippen LogP contribution in [0.3, 0.4) is 0 Å². The van der Waals surface area contributed by atoms with Crippen LogP contribution in [0.4, 0.5) is 0 Å². The van der Waals surface area contributed by atoms with E-state index < -0.39 is 11.6 Å². The summed E-state index contributed by atoms with van der Waals surface area (Å²) in [6.07, 6.45) is 1.46. The number of furan rings is 1. The molecule has 1 aromatic carbocycles. The predicted molar refractivity (Wildman–Crippen MR) is 78.4 cm³/mol. The van der Waals surface area contributed by atoms with Crippen molar-refractivity contribution in [1.29, 1.82) is 0 Å². The van der Waals surface area contributed by atoms with Crippen LogP contribution in [0.5, 0.6) is 0 Å². The van der Waals surface area contributed by atoms with Crippen LogP contribution in [0.15, 0.2) is 47.1 Å². The third kappa shape index (κ3) is 3.53. The molecule has 0 saturated carbocycles. The van der Waals surface area contributed by atoms with Gasteiger partial charge >= 0.3 is 5.97 Å². The van der Waals surface area contributed by atoms with Gasteiger partial charge in [0.2, 0.25) is 0 Å². The maximum absolute atomic E-state index is 12.0. The van der Waals surface area contributed by atoms with Crippen molar-refractivity contribution < 1.29 is 23.8 Å². The molecule has 22 heavy (non-hydrogen) atoms. The topological polar surface area (TPSA) is 88.8 Å². The van der Waals surface area contributed by atoms with Crippen molar-refractivity contribution in [3.8, 4) is 0 Å². The molecule has 0 bridgehead atoms. The zero-order chi connectivity index (χ0) is 16.2. The lowest BCUT2D eigenvalue weighted by atomic mass is 10.0. The molecule has 6 heteroatoms. The van der Waals surface area contributed by atoms with Crippen LogP contribution in [0.2, 0.25) is 0 Å². The summed E-state index contributed by atoms with van der Waals surface area (Å²) in [7, 11) is 1.29. The number of hydrogen-bond acceptors (Lipinski definition) is 5. The second-order valence-corrected chi connectivity index (χ2v) is 5.00. The van der Waals surface area contributed by atoms with Gasteiger partial charge in [0.25, 0.3) is 5.91 Å². The Kier molecular flexibility index (Phi) is 4.62. The Morgan fingerprint density at radius 2 is 1.86 bits per heavy atom. The third-order valence-corrected chi connectivity index (χ3v) is 3.21. The Hall–Kier alpha value is -2.60. The van der Waals surface area contributed by atoms with Gasteiger partial charge in [0.05, 0.1) is 25.5 Å². The normalized spacial score (nSPS) is 13.2. The summed E-state index contributed by atoms with van der Waals surface area (Å²) < 4.78 is 9.73. The number of amides is 1. The third-order valence-electron chi connectivity index (χ3n) is 3.21. The number of hydrogen-bond donors (Lipinski definition) is 2. The van der Waals surface area contributed by atoms with E-state index in [1.54, 1.807) is 19.1 Å². The molecule has 0 radical (unpaired) electrons. The Balaban J connectivity index is 1.99. The molecule has 1 heterocycles. The number of esters is 1. The molecule has 0 spiro atoms. The summed E-state index contributed by atoms with van der Waals surface area (Å²) in [6, 6.07) is 9.34. The first-order chi connectivity index (χ1) is 10.4. The van der Waals surface area contributed by atoms with Crippen molar-refractivity contribution in [1.82, 2.24) is 5.32 Å². The molecule has 0 aliphatic carbocycles. The first-order valence-corrected chi connectivity index (χ1v) is 6.67. The van der Waals surface area contributed by atoms with E-state index in [4.69, 9.17) is 4.42 Å². The lowest BCUT2D eigenvalue weighted by molar-refractivity contribution is 0.0330. The molecule has 0 aliphatic rings. The molecular weight excluding hydrogens is 286 g/mol. The molecule has 2 aromatic rings. The highest BCUT2D eigenvalue weighted by Crippen LogP contribution is 2.19. The summed E-state index contributed by atoms with van der Waals surface area (Å²) in [6.45, 7) is 1.55. The van der Waals surface area contributed by atoms with Gasteiger partial charge in [0.15, 0.2) is 0 Å². The zero-order valence-electron chi connectivity index (χ0n) is 12.3. The minimum absolute atomic E-state index is 0.00189. The number of carbonyl (C=O) groups excluding carboxylic acids is 2. The van der Waals surface area contributed by atoms with E-state index in [1.165, 1.54) is 37.6 Å². The summed E-state index contributed by atoms with van der Waals surface area (Å²) >= 11 is 0. The van der Waals surface area contributed by atoms with Crippen molar-refractivity contribution >= 4 is 11.9 Å². The smallest absolute Gasteiger partial charge is 0.337 e. The van der Waals surface area contributed by atoms with Crippen LogP contribution < -0.4 is 5.32 Å². The first kappa shape index (κ1) is 15.8. The maximum Gasteiger partial charge on any atom is 0.337 e. The van der Waals surface area contributed by atoms with Crippen molar-refractivity contribution in [2.24, 2.45) is 0 Å². The van der Waals surface area contributed by atoms with Gasteiger partial charge in [0.1, 0.15) is 11.4 Å². The van der Waals surface area contributed by atoms with Gasteiger partial charge in [-0.1, -0.05) is 0 Å². The van der Waals surface area contributed by atoms with Crippen molar-refractivity contribution in [3.05, 3.63) is 59.5 Å². The van der Waals surface area contributed by atoms with E-state index in [1.807, 2.05) is 0 Å². The number of rotatable bonds is 5. The van der Waals surface area contributed by atoms with Crippen LogP contribution in [-0.2, 0) is 10.3 Å². The molecule has 0 aliphatic heterocycles. The van der Waals surface area contributed by atoms with Gasteiger partial charge < -0.3 is 19.6 Å². The molecule has 116 valence electrons. The van der Waals surface area contributed by atoms with E-state index in [-0.39, 0.29) is 12.5 Å². The summed E-state index contributed by atoms with van der Waals surface area (Å²) in [5, 5.41) is 12.9. The van der Waals surface area contributed by atoms with E-state index in [0.29, 0.717) is 16.9 Å². The van der Waals surface area contributed by atoms with E-state index in [0.717, 1.165) is 0 Å². The molecule has 2 N–H and O–H groups in total. The van der Waals surface area contributed by atoms with Crippen LogP contribution >= 0.6 is 0 Å². The predicted octanol–water partition coefficient (Wildman–Crippen LogP) is 1.70. The monoisotopic (exact) mass is 303 g/mol. The van der Waals surface area contributed by atoms with Gasteiger partial charge in [-0.2, -0.15) is 0 Å². The van der Waals surface area contributed by atoms with Gasteiger partial charge in [0, 0.05) is 5.56 Å². The fourth-order valence-corrected chi connectivity index (χ4v) is 1.90. The Bertz CT molecular complexity index is 644. The number of benzene rings is 1. The molecular formula is C16H17NO5. The quantitative estimate of drug-likeness (QED) is 0.821. The van der Waals surface area contributed by atoms with Gasteiger partial charge in [-0.05, 0) is 43.3 Å². The fraction of sp³-hybridized carbons (Fsp3) is 0.250. The second kappa shape index (κ2) is 6.44. The highest BCUT2D eigenvalue weighted by Gasteiger charge is 2.26. The lowest BCUT2D eigenvalue weighted by Gasteiger charge is -2.21. The average molecular weight is 303 g/mol. The molecule has 0 saturated heterocycles. The Labute approximate surface area is 127 Å². The SMILES string of the molecule is COC(=O)c1ccc(C(=O)NC[C@](C)(O)c2ccco2)cc1. The molecule has 1 amide bonds. The van der Waals surface area contributed by atoms with Crippen molar-refractivity contribution in [2.45, 2.75) is 12.5 Å². The van der Waals surface area contributed by atoms with Crippen LogP contribution in [0, 0.1) is 0 Å². The maximum atomic E-state index is 12.0. The summed E-state index contributed by atoms with van der Waals surface area (Å²) in [5.41, 5.74) is -0.560. The fourth-order valence-electron chi connectivity index (χ4n) is 1.90. The van der Waals surface area contributed by atoms with Crippen molar-refractivity contribution in [2.75, 3.05) is 13.7 Å². The summed E-state index contributed by atoms with van der Waals surface area (Å²) in [5.74, 6) is -0.454. The van der Waals surface area contributed by atoms with Gasteiger partial charge in [-0.3, -0.25) is 4.79 Å². The molecule has 2 rings (SSSR count). The van der Waals surface area contributed by atoms with Crippen LogP contribution in [-0.4, -0.2) is 30.6 Å². The lowest BCUT2D eigenvalue weighted by Crippen LogP contribution is -2.38. The number of nitrogens with one attached hydrogen (secondary N) is 1. The first-order valence-electron chi connectivity index (χ1n) is 6.67.